The second kappa shape index (κ2) is 10.7. The quantitative estimate of drug-likeness (QED) is 0.247. The van der Waals surface area contributed by atoms with E-state index in [1.807, 2.05) is 75.3 Å². The number of aryl methyl sites for hydroxylation is 2. The van der Waals surface area contributed by atoms with Crippen molar-refractivity contribution in [2.45, 2.75) is 26.3 Å². The summed E-state index contributed by atoms with van der Waals surface area (Å²) in [6, 6.07) is 18.0. The Bertz CT molecular complexity index is 1360. The summed E-state index contributed by atoms with van der Waals surface area (Å²) >= 11 is 6.02. The van der Waals surface area contributed by atoms with Crippen molar-refractivity contribution in [3.05, 3.63) is 99.1 Å². The number of ketones is 1. The van der Waals surface area contributed by atoms with Crippen LogP contribution in [0.4, 0.5) is 5.69 Å². The smallest absolute Gasteiger partial charge is 0.295 e. The molecule has 0 aliphatic carbocycles. The maximum Gasteiger partial charge on any atom is 0.295 e. The van der Waals surface area contributed by atoms with Crippen molar-refractivity contribution < 1.29 is 19.4 Å². The van der Waals surface area contributed by atoms with E-state index in [0.717, 1.165) is 27.9 Å². The Hall–Kier alpha value is -3.77. The molecule has 0 radical (unpaired) electrons. The minimum atomic E-state index is -0.717. The van der Waals surface area contributed by atoms with Gasteiger partial charge in [-0.05, 0) is 78.9 Å². The first-order valence-electron chi connectivity index (χ1n) is 12.1. The molecule has 0 bridgehead atoms. The molecule has 1 saturated heterocycles. The minimum Gasteiger partial charge on any atom is -0.507 e. The maximum absolute atomic E-state index is 13.4. The number of amides is 1. The van der Waals surface area contributed by atoms with Crippen LogP contribution in [0.15, 0.2) is 66.2 Å². The van der Waals surface area contributed by atoms with Gasteiger partial charge >= 0.3 is 0 Å². The molecular weight excluding hydrogens is 488 g/mol. The largest absolute Gasteiger partial charge is 0.507 e. The monoisotopic (exact) mass is 518 g/mol. The van der Waals surface area contributed by atoms with Gasteiger partial charge in [0.15, 0.2) is 0 Å². The molecule has 6 nitrogen and oxygen atoms in total. The lowest BCUT2D eigenvalue weighted by Gasteiger charge is -2.26. The summed E-state index contributed by atoms with van der Waals surface area (Å²) in [5.74, 6) is -0.811. The van der Waals surface area contributed by atoms with Gasteiger partial charge in [-0.15, -0.1) is 0 Å². The van der Waals surface area contributed by atoms with E-state index >= 15 is 0 Å². The van der Waals surface area contributed by atoms with Crippen LogP contribution in [0.25, 0.3) is 5.76 Å². The van der Waals surface area contributed by atoms with Gasteiger partial charge in [0.05, 0.1) is 18.7 Å². The number of methoxy groups -OCH3 is 1. The van der Waals surface area contributed by atoms with Crippen LogP contribution in [0.5, 0.6) is 5.75 Å². The third kappa shape index (κ3) is 5.20. The second-order valence-corrected chi connectivity index (χ2v) is 9.93. The third-order valence-corrected chi connectivity index (χ3v) is 7.07. The number of carbonyl (C=O) groups excluding carboxylic acids is 2. The number of benzene rings is 3. The molecule has 1 unspecified atom stereocenters. The number of nitrogens with zero attached hydrogens (tertiary/aromatic N) is 2. The Morgan fingerprint density at radius 1 is 1.00 bits per heavy atom. The molecule has 0 aromatic heterocycles. The fourth-order valence-electron chi connectivity index (χ4n) is 4.72. The van der Waals surface area contributed by atoms with Gasteiger partial charge in [-0.25, -0.2) is 0 Å². The summed E-state index contributed by atoms with van der Waals surface area (Å²) in [5, 5.41) is 12.1. The Labute approximate surface area is 222 Å². The van der Waals surface area contributed by atoms with Crippen molar-refractivity contribution in [1.29, 1.82) is 0 Å². The van der Waals surface area contributed by atoms with Gasteiger partial charge in [0.25, 0.3) is 11.7 Å². The number of likely N-dealkylation sites (tertiary alicyclic amines) is 1. The molecule has 1 fully saturated rings. The van der Waals surface area contributed by atoms with Crippen LogP contribution in [0.2, 0.25) is 5.02 Å². The predicted molar refractivity (Wildman–Crippen MR) is 147 cm³/mol. The van der Waals surface area contributed by atoms with Crippen LogP contribution in [-0.4, -0.2) is 49.4 Å². The Morgan fingerprint density at radius 2 is 1.65 bits per heavy atom. The molecule has 1 heterocycles. The highest BCUT2D eigenvalue weighted by Crippen LogP contribution is 2.41. The number of aliphatic hydroxyl groups is 1. The highest BCUT2D eigenvalue weighted by Gasteiger charge is 2.46. The van der Waals surface area contributed by atoms with E-state index in [4.69, 9.17) is 16.3 Å². The maximum atomic E-state index is 13.4. The molecule has 192 valence electrons. The zero-order chi connectivity index (χ0) is 26.9. The Kier molecular flexibility index (Phi) is 7.60. The Balaban J connectivity index is 1.82. The Morgan fingerprint density at radius 3 is 2.24 bits per heavy atom. The van der Waals surface area contributed by atoms with Crippen molar-refractivity contribution in [2.75, 3.05) is 32.6 Å². The zero-order valence-electron chi connectivity index (χ0n) is 21.7. The van der Waals surface area contributed by atoms with E-state index in [1.54, 1.807) is 30.2 Å². The van der Waals surface area contributed by atoms with Gasteiger partial charge in [-0.3, -0.25) is 9.59 Å². The fourth-order valence-corrected chi connectivity index (χ4v) is 4.85. The number of Topliss-reactive ketones (excluding diaryl/α,β-unsaturated/α-hetero) is 1. The van der Waals surface area contributed by atoms with Gasteiger partial charge in [0.2, 0.25) is 0 Å². The molecule has 0 saturated carbocycles. The van der Waals surface area contributed by atoms with Gasteiger partial charge in [0.1, 0.15) is 11.5 Å². The van der Waals surface area contributed by atoms with Crippen molar-refractivity contribution >= 4 is 34.7 Å². The van der Waals surface area contributed by atoms with E-state index in [0.29, 0.717) is 29.3 Å². The molecule has 7 heteroatoms. The summed E-state index contributed by atoms with van der Waals surface area (Å²) in [6.45, 7) is 4.02. The number of hydrogen-bond donors (Lipinski definition) is 1. The number of rotatable bonds is 7. The third-order valence-electron chi connectivity index (χ3n) is 6.82. The molecule has 1 atom stereocenters. The zero-order valence-corrected chi connectivity index (χ0v) is 22.5. The van der Waals surface area contributed by atoms with Gasteiger partial charge in [0, 0.05) is 36.9 Å². The van der Waals surface area contributed by atoms with E-state index in [1.165, 1.54) is 0 Å². The van der Waals surface area contributed by atoms with Crippen LogP contribution < -0.4 is 9.64 Å². The molecule has 37 heavy (non-hydrogen) atoms. The number of ether oxygens (including phenoxy) is 1. The first-order valence-corrected chi connectivity index (χ1v) is 12.5. The first kappa shape index (κ1) is 26.3. The summed E-state index contributed by atoms with van der Waals surface area (Å²) in [6.07, 6.45) is 0.539. The van der Waals surface area contributed by atoms with Crippen LogP contribution in [-0.2, 0) is 16.0 Å². The van der Waals surface area contributed by atoms with Crippen LogP contribution >= 0.6 is 11.6 Å². The summed E-state index contributed by atoms with van der Waals surface area (Å²) < 4.78 is 5.40. The number of anilines is 1. The van der Waals surface area contributed by atoms with E-state index in [9.17, 15) is 14.7 Å². The molecular formula is C30H31ClN2O4. The lowest BCUT2D eigenvalue weighted by molar-refractivity contribution is -0.139. The molecule has 4 rings (SSSR count). The minimum absolute atomic E-state index is 0.0892. The van der Waals surface area contributed by atoms with Crippen molar-refractivity contribution in [3.63, 3.8) is 0 Å². The van der Waals surface area contributed by atoms with E-state index < -0.39 is 17.7 Å². The van der Waals surface area contributed by atoms with Crippen LogP contribution in [0, 0.1) is 13.8 Å². The highest BCUT2D eigenvalue weighted by atomic mass is 35.5. The van der Waals surface area contributed by atoms with Crippen molar-refractivity contribution in [2.24, 2.45) is 0 Å². The standard InChI is InChI=1S/C30H31ClN2O4/c1-18-17-25(37-5)19(2)16-24(18)28(34)26-27(21-8-12-23(13-9-21)32(3)4)33(30(36)29(26)35)15-14-20-6-10-22(31)11-7-20/h6-13,16-17,27,34H,14-15H2,1-5H3/b28-26+. The van der Waals surface area contributed by atoms with E-state index in [2.05, 4.69) is 0 Å². The summed E-state index contributed by atoms with van der Waals surface area (Å²) in [5.41, 5.74) is 4.89. The second-order valence-electron chi connectivity index (χ2n) is 9.49. The molecule has 1 amide bonds. The average molecular weight is 519 g/mol. The number of carbonyl (C=O) groups is 2. The molecule has 0 spiro atoms. The molecule has 1 aliphatic heterocycles. The number of hydrogen-bond acceptors (Lipinski definition) is 5. The molecule has 3 aromatic carbocycles. The fraction of sp³-hybridized carbons (Fsp3) is 0.267. The van der Waals surface area contributed by atoms with E-state index in [-0.39, 0.29) is 11.3 Å². The summed E-state index contributed by atoms with van der Waals surface area (Å²) in [4.78, 5) is 30.3. The van der Waals surface area contributed by atoms with Crippen molar-refractivity contribution in [3.8, 4) is 5.75 Å². The topological polar surface area (TPSA) is 70.1 Å². The first-order chi connectivity index (χ1) is 17.6. The number of halogens is 1. The SMILES string of the molecule is COc1cc(C)c(/C(O)=C2\C(=O)C(=O)N(CCc3ccc(Cl)cc3)C2c2ccc(N(C)C)cc2)cc1C. The lowest BCUT2D eigenvalue weighted by Crippen LogP contribution is -2.31. The lowest BCUT2D eigenvalue weighted by atomic mass is 9.93. The van der Waals surface area contributed by atoms with Crippen molar-refractivity contribution in [1.82, 2.24) is 4.90 Å². The van der Waals surface area contributed by atoms with Crippen LogP contribution in [0.1, 0.15) is 33.9 Å². The normalized spacial score (nSPS) is 16.8. The summed E-state index contributed by atoms with van der Waals surface area (Å²) in [7, 11) is 5.48. The predicted octanol–water partition coefficient (Wildman–Crippen LogP) is 5.70. The molecule has 3 aromatic rings. The molecule has 1 N–H and O–H groups in total. The van der Waals surface area contributed by atoms with Gasteiger partial charge < -0.3 is 19.6 Å². The highest BCUT2D eigenvalue weighted by molar-refractivity contribution is 6.46. The molecule has 1 aliphatic rings. The average Bonchev–Trinajstić information content (AvgIpc) is 3.14. The van der Waals surface area contributed by atoms with Gasteiger partial charge in [-0.1, -0.05) is 35.9 Å². The van der Waals surface area contributed by atoms with Gasteiger partial charge in [-0.2, -0.15) is 0 Å². The van der Waals surface area contributed by atoms with Crippen LogP contribution in [0.3, 0.4) is 0 Å². The number of aliphatic hydroxyl groups excluding tert-OH is 1.